The second-order valence-corrected chi connectivity index (χ2v) is 4.85. The molecule has 0 bridgehead atoms. The quantitative estimate of drug-likeness (QED) is 0.863. The summed E-state index contributed by atoms with van der Waals surface area (Å²) in [7, 11) is 0. The number of anilines is 1. The molecule has 2 aromatic rings. The molecule has 0 spiro atoms. The van der Waals surface area contributed by atoms with E-state index >= 15 is 0 Å². The Morgan fingerprint density at radius 3 is 2.63 bits per heavy atom. The van der Waals surface area contributed by atoms with Gasteiger partial charge in [0.1, 0.15) is 0 Å². The second kappa shape index (κ2) is 4.86. The number of amides is 1. The van der Waals surface area contributed by atoms with E-state index in [-0.39, 0.29) is 11.8 Å². The van der Waals surface area contributed by atoms with Crippen LogP contribution in [0.5, 0.6) is 0 Å². The number of carbonyl (C=O) groups is 1. The molecule has 1 aliphatic rings. The summed E-state index contributed by atoms with van der Waals surface area (Å²) in [5.74, 6) is 0.169. The molecule has 19 heavy (non-hydrogen) atoms. The van der Waals surface area contributed by atoms with Crippen LogP contribution in [0.3, 0.4) is 0 Å². The van der Waals surface area contributed by atoms with Crippen LogP contribution in [-0.2, 0) is 4.79 Å². The van der Waals surface area contributed by atoms with Gasteiger partial charge in [-0.3, -0.25) is 4.79 Å². The fourth-order valence-electron chi connectivity index (χ4n) is 2.57. The highest BCUT2D eigenvalue weighted by molar-refractivity contribution is 5.95. The first-order valence-corrected chi connectivity index (χ1v) is 6.47. The van der Waals surface area contributed by atoms with Gasteiger partial charge in [0.25, 0.3) is 0 Å². The van der Waals surface area contributed by atoms with Gasteiger partial charge in [0.15, 0.2) is 0 Å². The van der Waals surface area contributed by atoms with E-state index in [9.17, 15) is 4.79 Å². The topological polar surface area (TPSA) is 55.1 Å². The normalized spacial score (nSPS) is 17.7. The summed E-state index contributed by atoms with van der Waals surface area (Å²) in [6, 6.07) is 16.4. The molecule has 2 aromatic carbocycles. The third kappa shape index (κ3) is 2.25. The number of nitrogens with two attached hydrogens (primary N) is 1. The zero-order valence-corrected chi connectivity index (χ0v) is 10.6. The monoisotopic (exact) mass is 252 g/mol. The average Bonchev–Trinajstić information content (AvgIpc) is 2.46. The molecule has 1 atom stereocenters. The Morgan fingerprint density at radius 2 is 1.89 bits per heavy atom. The van der Waals surface area contributed by atoms with Gasteiger partial charge in [-0.1, -0.05) is 36.4 Å². The molecule has 1 heterocycles. The molecule has 1 unspecified atom stereocenters. The minimum Gasteiger partial charge on any atom is -0.330 e. The molecule has 1 aliphatic heterocycles. The summed E-state index contributed by atoms with van der Waals surface area (Å²) in [6.45, 7) is 0.499. The number of hydrogen-bond acceptors (Lipinski definition) is 2. The van der Waals surface area contributed by atoms with E-state index in [1.54, 1.807) is 0 Å². The van der Waals surface area contributed by atoms with Crippen molar-refractivity contribution in [3.8, 4) is 11.1 Å². The van der Waals surface area contributed by atoms with Crippen LogP contribution in [0.2, 0.25) is 0 Å². The Kier molecular flexibility index (Phi) is 3.05. The van der Waals surface area contributed by atoms with Crippen LogP contribution in [-0.4, -0.2) is 12.5 Å². The first-order valence-electron chi connectivity index (χ1n) is 6.47. The van der Waals surface area contributed by atoms with Crippen molar-refractivity contribution in [2.75, 3.05) is 11.9 Å². The van der Waals surface area contributed by atoms with E-state index < -0.39 is 0 Å². The van der Waals surface area contributed by atoms with Gasteiger partial charge >= 0.3 is 0 Å². The average molecular weight is 252 g/mol. The van der Waals surface area contributed by atoms with Crippen LogP contribution in [0.15, 0.2) is 48.5 Å². The lowest BCUT2D eigenvalue weighted by Crippen LogP contribution is -2.27. The first-order chi connectivity index (χ1) is 9.28. The Morgan fingerprint density at radius 1 is 1.11 bits per heavy atom. The predicted octanol–water partition coefficient (Wildman–Crippen LogP) is 2.74. The largest absolute Gasteiger partial charge is 0.330 e. The number of rotatable bonds is 2. The van der Waals surface area contributed by atoms with E-state index in [4.69, 9.17) is 5.73 Å². The second-order valence-electron chi connectivity index (χ2n) is 4.85. The van der Waals surface area contributed by atoms with Crippen molar-refractivity contribution in [3.05, 3.63) is 54.1 Å². The van der Waals surface area contributed by atoms with Gasteiger partial charge in [-0.2, -0.15) is 0 Å². The van der Waals surface area contributed by atoms with E-state index in [1.165, 1.54) is 5.56 Å². The van der Waals surface area contributed by atoms with Crippen molar-refractivity contribution >= 4 is 11.6 Å². The SMILES string of the molecule is NCC1CC(=O)Nc2ccc(-c3ccccc3)cc21. The summed E-state index contributed by atoms with van der Waals surface area (Å²) >= 11 is 0. The summed E-state index contributed by atoms with van der Waals surface area (Å²) in [5.41, 5.74) is 10.2. The molecule has 3 N–H and O–H groups in total. The maximum absolute atomic E-state index is 11.6. The highest BCUT2D eigenvalue weighted by Crippen LogP contribution is 2.34. The molecule has 0 aromatic heterocycles. The molecule has 0 fully saturated rings. The minimum absolute atomic E-state index is 0.0513. The molecule has 0 saturated heterocycles. The zero-order valence-electron chi connectivity index (χ0n) is 10.6. The summed E-state index contributed by atoms with van der Waals surface area (Å²) in [5, 5.41) is 2.91. The van der Waals surface area contributed by atoms with Crippen LogP contribution in [0, 0.1) is 0 Å². The van der Waals surface area contributed by atoms with Crippen LogP contribution < -0.4 is 11.1 Å². The van der Waals surface area contributed by atoms with E-state index in [1.807, 2.05) is 30.3 Å². The fraction of sp³-hybridized carbons (Fsp3) is 0.188. The summed E-state index contributed by atoms with van der Waals surface area (Å²) in [4.78, 5) is 11.6. The lowest BCUT2D eigenvalue weighted by Gasteiger charge is -2.25. The number of fused-ring (bicyclic) bond motifs is 1. The third-order valence-electron chi connectivity index (χ3n) is 3.59. The van der Waals surface area contributed by atoms with Crippen LogP contribution in [0.4, 0.5) is 5.69 Å². The van der Waals surface area contributed by atoms with Gasteiger partial charge in [-0.15, -0.1) is 0 Å². The minimum atomic E-state index is 0.0513. The zero-order chi connectivity index (χ0) is 13.2. The molecule has 0 radical (unpaired) electrons. The van der Waals surface area contributed by atoms with Gasteiger partial charge < -0.3 is 11.1 Å². The molecule has 0 aliphatic carbocycles. The Balaban J connectivity index is 2.06. The first kappa shape index (κ1) is 11.9. The van der Waals surface area contributed by atoms with Gasteiger partial charge in [0.2, 0.25) is 5.91 Å². The van der Waals surface area contributed by atoms with Crippen molar-refractivity contribution in [1.82, 2.24) is 0 Å². The smallest absolute Gasteiger partial charge is 0.225 e. The van der Waals surface area contributed by atoms with Crippen molar-refractivity contribution in [3.63, 3.8) is 0 Å². The molecule has 3 heteroatoms. The van der Waals surface area contributed by atoms with Gasteiger partial charge in [0.05, 0.1) is 0 Å². The summed E-state index contributed by atoms with van der Waals surface area (Å²) < 4.78 is 0. The van der Waals surface area contributed by atoms with E-state index in [2.05, 4.69) is 23.5 Å². The lowest BCUT2D eigenvalue weighted by molar-refractivity contribution is -0.116. The molecular formula is C16H16N2O. The number of hydrogen-bond donors (Lipinski definition) is 2. The van der Waals surface area contributed by atoms with Crippen LogP contribution in [0.1, 0.15) is 17.9 Å². The molecule has 3 nitrogen and oxygen atoms in total. The van der Waals surface area contributed by atoms with Crippen molar-refractivity contribution in [2.45, 2.75) is 12.3 Å². The van der Waals surface area contributed by atoms with E-state index in [0.29, 0.717) is 13.0 Å². The fourth-order valence-corrected chi connectivity index (χ4v) is 2.57. The number of nitrogens with one attached hydrogen (secondary N) is 1. The maximum atomic E-state index is 11.6. The van der Waals surface area contributed by atoms with Gasteiger partial charge in [0, 0.05) is 18.0 Å². The Hall–Kier alpha value is -2.13. The Labute approximate surface area is 112 Å². The number of carbonyl (C=O) groups excluding carboxylic acids is 1. The molecule has 1 amide bonds. The van der Waals surface area contributed by atoms with Gasteiger partial charge in [-0.25, -0.2) is 0 Å². The predicted molar refractivity (Wildman–Crippen MR) is 76.9 cm³/mol. The van der Waals surface area contributed by atoms with Crippen LogP contribution >= 0.6 is 0 Å². The van der Waals surface area contributed by atoms with Crippen molar-refractivity contribution in [2.24, 2.45) is 5.73 Å². The third-order valence-corrected chi connectivity index (χ3v) is 3.59. The molecular weight excluding hydrogens is 236 g/mol. The highest BCUT2D eigenvalue weighted by atomic mass is 16.1. The number of benzene rings is 2. The van der Waals surface area contributed by atoms with Gasteiger partial charge in [-0.05, 0) is 35.4 Å². The van der Waals surface area contributed by atoms with E-state index in [0.717, 1.165) is 16.8 Å². The lowest BCUT2D eigenvalue weighted by atomic mass is 9.88. The Bertz CT molecular complexity index is 607. The van der Waals surface area contributed by atoms with Crippen LogP contribution in [0.25, 0.3) is 11.1 Å². The standard InChI is InChI=1S/C16H16N2O/c17-10-13-9-16(19)18-15-7-6-12(8-14(13)15)11-4-2-1-3-5-11/h1-8,13H,9-10,17H2,(H,18,19). The molecule has 96 valence electrons. The van der Waals surface area contributed by atoms with Crippen molar-refractivity contribution < 1.29 is 4.79 Å². The molecule has 3 rings (SSSR count). The molecule has 0 saturated carbocycles. The maximum Gasteiger partial charge on any atom is 0.225 e. The van der Waals surface area contributed by atoms with Crippen molar-refractivity contribution in [1.29, 1.82) is 0 Å². The summed E-state index contributed by atoms with van der Waals surface area (Å²) in [6.07, 6.45) is 0.474. The highest BCUT2D eigenvalue weighted by Gasteiger charge is 2.24.